The van der Waals surface area contributed by atoms with Crippen molar-refractivity contribution in [2.75, 3.05) is 53.0 Å². The Morgan fingerprint density at radius 1 is 1.30 bits per heavy atom. The molecule has 0 bridgehead atoms. The molecule has 0 saturated carbocycles. The molecule has 0 unspecified atom stereocenters. The van der Waals surface area contributed by atoms with Gasteiger partial charge in [0, 0.05) is 45.7 Å². The Kier molecular flexibility index (Phi) is 6.68. The van der Waals surface area contributed by atoms with E-state index in [1.165, 1.54) is 0 Å². The molecule has 2 aliphatic heterocycles. The molecule has 0 radical (unpaired) electrons. The number of carbonyl (C=O) groups excluding carboxylic acids is 2. The highest BCUT2D eigenvalue weighted by molar-refractivity contribution is 5.89. The lowest BCUT2D eigenvalue weighted by Gasteiger charge is -2.28. The molecule has 2 heterocycles. The molecule has 27 heavy (non-hydrogen) atoms. The van der Waals surface area contributed by atoms with Gasteiger partial charge in [0.2, 0.25) is 11.8 Å². The monoisotopic (exact) mass is 375 g/mol. The zero-order valence-corrected chi connectivity index (χ0v) is 16.2. The molecule has 7 nitrogen and oxygen atoms in total. The second-order valence-electron chi connectivity index (χ2n) is 7.22. The topological polar surface area (TPSA) is 71.1 Å². The van der Waals surface area contributed by atoms with Crippen molar-refractivity contribution in [1.29, 1.82) is 0 Å². The summed E-state index contributed by atoms with van der Waals surface area (Å²) in [7, 11) is 1.64. The number of ether oxygens (including phenoxy) is 2. The number of aryl methyl sites for hydroxylation is 1. The minimum Gasteiger partial charge on any atom is -0.496 e. The Balaban J connectivity index is 1.45. The predicted octanol–water partition coefficient (Wildman–Crippen LogP) is 0.801. The summed E-state index contributed by atoms with van der Waals surface area (Å²) in [5, 5.41) is 2.96. The molecule has 0 aromatic heterocycles. The minimum atomic E-state index is -0.269. The molecule has 148 valence electrons. The van der Waals surface area contributed by atoms with Crippen LogP contribution in [-0.4, -0.2) is 74.7 Å². The summed E-state index contributed by atoms with van der Waals surface area (Å²) in [6, 6.07) is 5.89. The number of nitrogens with zero attached hydrogens (tertiary/aromatic N) is 2. The molecule has 2 saturated heterocycles. The zero-order valence-electron chi connectivity index (χ0n) is 16.2. The van der Waals surface area contributed by atoms with Gasteiger partial charge in [-0.05, 0) is 24.1 Å². The van der Waals surface area contributed by atoms with E-state index >= 15 is 0 Å². The van der Waals surface area contributed by atoms with Crippen LogP contribution >= 0.6 is 0 Å². The number of hydrogen-bond donors (Lipinski definition) is 1. The number of carbonyl (C=O) groups is 2. The fourth-order valence-corrected chi connectivity index (χ4v) is 3.56. The molecule has 1 N–H and O–H groups in total. The van der Waals surface area contributed by atoms with Crippen molar-refractivity contribution in [1.82, 2.24) is 15.1 Å². The van der Waals surface area contributed by atoms with E-state index in [2.05, 4.69) is 10.2 Å². The average molecular weight is 375 g/mol. The SMILES string of the molecule is COc1cc(CNC(=O)[C@H]2CC(=O)N(CCN3CCOCC3)C2)ccc1C. The summed E-state index contributed by atoms with van der Waals surface area (Å²) >= 11 is 0. The second-order valence-corrected chi connectivity index (χ2v) is 7.22. The van der Waals surface area contributed by atoms with Crippen LogP contribution in [0.5, 0.6) is 5.75 Å². The Morgan fingerprint density at radius 2 is 2.07 bits per heavy atom. The summed E-state index contributed by atoms with van der Waals surface area (Å²) < 4.78 is 10.7. The smallest absolute Gasteiger partial charge is 0.225 e. The van der Waals surface area contributed by atoms with Crippen molar-refractivity contribution >= 4 is 11.8 Å². The number of benzene rings is 1. The largest absolute Gasteiger partial charge is 0.496 e. The van der Waals surface area contributed by atoms with E-state index in [0.717, 1.165) is 49.7 Å². The van der Waals surface area contributed by atoms with Crippen molar-refractivity contribution in [3.63, 3.8) is 0 Å². The van der Waals surface area contributed by atoms with Gasteiger partial charge in [0.25, 0.3) is 0 Å². The van der Waals surface area contributed by atoms with Crippen LogP contribution < -0.4 is 10.1 Å². The Bertz CT molecular complexity index is 673. The molecule has 7 heteroatoms. The van der Waals surface area contributed by atoms with Gasteiger partial charge in [0.15, 0.2) is 0 Å². The van der Waals surface area contributed by atoms with E-state index in [-0.39, 0.29) is 17.7 Å². The Hall–Kier alpha value is -2.12. The first-order valence-corrected chi connectivity index (χ1v) is 9.56. The molecule has 2 aliphatic rings. The Labute approximate surface area is 160 Å². The molecule has 1 atom stereocenters. The van der Waals surface area contributed by atoms with E-state index in [4.69, 9.17) is 9.47 Å². The van der Waals surface area contributed by atoms with E-state index in [0.29, 0.717) is 26.1 Å². The van der Waals surface area contributed by atoms with Crippen molar-refractivity contribution in [2.45, 2.75) is 19.9 Å². The molecule has 0 aliphatic carbocycles. The van der Waals surface area contributed by atoms with Crippen LogP contribution in [0, 0.1) is 12.8 Å². The number of rotatable bonds is 7. The van der Waals surface area contributed by atoms with Crippen LogP contribution in [0.15, 0.2) is 18.2 Å². The fraction of sp³-hybridized carbons (Fsp3) is 0.600. The minimum absolute atomic E-state index is 0.0586. The van der Waals surface area contributed by atoms with Gasteiger partial charge in [-0.2, -0.15) is 0 Å². The summed E-state index contributed by atoms with van der Waals surface area (Å²) in [5.74, 6) is 0.554. The van der Waals surface area contributed by atoms with Crippen LogP contribution in [0.1, 0.15) is 17.5 Å². The quantitative estimate of drug-likeness (QED) is 0.763. The van der Waals surface area contributed by atoms with Gasteiger partial charge in [-0.15, -0.1) is 0 Å². The number of methoxy groups -OCH3 is 1. The van der Waals surface area contributed by atoms with Gasteiger partial charge in [0.1, 0.15) is 5.75 Å². The van der Waals surface area contributed by atoms with Gasteiger partial charge >= 0.3 is 0 Å². The lowest BCUT2D eigenvalue weighted by Crippen LogP contribution is -2.42. The van der Waals surface area contributed by atoms with E-state index in [9.17, 15) is 9.59 Å². The van der Waals surface area contributed by atoms with Gasteiger partial charge in [-0.3, -0.25) is 14.5 Å². The highest BCUT2D eigenvalue weighted by atomic mass is 16.5. The van der Waals surface area contributed by atoms with E-state index in [1.54, 1.807) is 7.11 Å². The molecule has 1 aromatic rings. The van der Waals surface area contributed by atoms with E-state index in [1.807, 2.05) is 30.0 Å². The van der Waals surface area contributed by atoms with Crippen LogP contribution in [-0.2, 0) is 20.9 Å². The Morgan fingerprint density at radius 3 is 2.81 bits per heavy atom. The normalized spacial score (nSPS) is 20.7. The number of morpholine rings is 1. The van der Waals surface area contributed by atoms with Crippen LogP contribution in [0.25, 0.3) is 0 Å². The summed E-state index contributed by atoms with van der Waals surface area (Å²) in [4.78, 5) is 28.8. The highest BCUT2D eigenvalue weighted by Gasteiger charge is 2.34. The predicted molar refractivity (Wildman–Crippen MR) is 102 cm³/mol. The summed E-state index contributed by atoms with van der Waals surface area (Å²) in [5.41, 5.74) is 2.05. The lowest BCUT2D eigenvalue weighted by molar-refractivity contribution is -0.129. The standard InChI is InChI=1S/C20H29N3O4/c1-15-3-4-16(11-18(15)26-2)13-21-20(25)17-12-19(24)23(14-17)6-5-22-7-9-27-10-8-22/h3-4,11,17H,5-10,12-14H2,1-2H3,(H,21,25)/t17-/m0/s1. The molecule has 0 spiro atoms. The third kappa shape index (κ3) is 5.20. The summed E-state index contributed by atoms with van der Waals surface area (Å²) in [6.07, 6.45) is 0.298. The molecule has 3 rings (SSSR count). The first kappa shape index (κ1) is 19.6. The van der Waals surface area contributed by atoms with Crippen molar-refractivity contribution in [2.24, 2.45) is 5.92 Å². The zero-order chi connectivity index (χ0) is 19.2. The van der Waals surface area contributed by atoms with Crippen molar-refractivity contribution in [3.05, 3.63) is 29.3 Å². The fourth-order valence-electron chi connectivity index (χ4n) is 3.56. The van der Waals surface area contributed by atoms with Gasteiger partial charge in [-0.1, -0.05) is 12.1 Å². The van der Waals surface area contributed by atoms with Crippen LogP contribution in [0.2, 0.25) is 0 Å². The van der Waals surface area contributed by atoms with Crippen LogP contribution in [0.4, 0.5) is 0 Å². The molecule has 2 amide bonds. The maximum Gasteiger partial charge on any atom is 0.225 e. The highest BCUT2D eigenvalue weighted by Crippen LogP contribution is 2.20. The molecule has 1 aromatic carbocycles. The number of nitrogens with one attached hydrogen (secondary N) is 1. The third-order valence-corrected chi connectivity index (χ3v) is 5.31. The van der Waals surface area contributed by atoms with Gasteiger partial charge < -0.3 is 19.7 Å². The maximum atomic E-state index is 12.5. The van der Waals surface area contributed by atoms with Crippen LogP contribution in [0.3, 0.4) is 0 Å². The van der Waals surface area contributed by atoms with Crippen molar-refractivity contribution < 1.29 is 19.1 Å². The first-order chi connectivity index (χ1) is 13.1. The third-order valence-electron chi connectivity index (χ3n) is 5.31. The number of likely N-dealkylation sites (tertiary alicyclic amines) is 1. The number of hydrogen-bond acceptors (Lipinski definition) is 5. The van der Waals surface area contributed by atoms with Gasteiger partial charge in [-0.25, -0.2) is 0 Å². The van der Waals surface area contributed by atoms with Gasteiger partial charge in [0.05, 0.1) is 26.2 Å². The molecular formula is C20H29N3O4. The molecular weight excluding hydrogens is 346 g/mol. The average Bonchev–Trinajstić information content (AvgIpc) is 3.07. The summed E-state index contributed by atoms with van der Waals surface area (Å²) in [6.45, 7) is 7.77. The second kappa shape index (κ2) is 9.19. The van der Waals surface area contributed by atoms with Crippen molar-refractivity contribution in [3.8, 4) is 5.75 Å². The first-order valence-electron chi connectivity index (χ1n) is 9.56. The lowest BCUT2D eigenvalue weighted by atomic mass is 10.1. The number of amides is 2. The molecule has 2 fully saturated rings. The van der Waals surface area contributed by atoms with E-state index < -0.39 is 0 Å². The maximum absolute atomic E-state index is 12.5.